The van der Waals surface area contributed by atoms with E-state index in [1.165, 1.54) is 6.33 Å². The highest BCUT2D eigenvalue weighted by atomic mass is 79.9. The Labute approximate surface area is 366 Å². The molecule has 0 aliphatic carbocycles. The summed E-state index contributed by atoms with van der Waals surface area (Å²) < 4.78 is 31.4. The van der Waals surface area contributed by atoms with Gasteiger partial charge in [-0.15, -0.1) is 0 Å². The van der Waals surface area contributed by atoms with Gasteiger partial charge in [0.15, 0.2) is 11.5 Å². The minimum atomic E-state index is -0.00956. The number of ether oxygens (including phenoxy) is 5. The molecule has 1 saturated heterocycles. The molecule has 320 valence electrons. The molecule has 0 radical (unpaired) electrons. The molecule has 4 aromatic carbocycles. The number of H-pyrrole nitrogens is 1. The van der Waals surface area contributed by atoms with Crippen molar-refractivity contribution in [1.29, 1.82) is 0 Å². The number of hydrogen-bond acceptors (Lipinski definition) is 13. The normalized spacial score (nSPS) is 13.9. The Bertz CT molecular complexity index is 2610. The number of likely N-dealkylation sites (tertiary alicyclic amines) is 1. The number of anilines is 1. The average molecular weight is 904 g/mol. The number of rotatable bonds is 20. The molecule has 4 heterocycles. The van der Waals surface area contributed by atoms with Crippen LogP contribution in [0.1, 0.15) is 30.0 Å². The van der Waals surface area contributed by atoms with Gasteiger partial charge in [0.25, 0.3) is 6.47 Å². The zero-order valence-electron chi connectivity index (χ0n) is 34.0. The van der Waals surface area contributed by atoms with E-state index in [1.807, 2.05) is 83.5 Å². The topological polar surface area (TPSA) is 184 Å². The van der Waals surface area contributed by atoms with Crippen molar-refractivity contribution in [3.05, 3.63) is 119 Å². The molecule has 16 heteroatoms. The predicted molar refractivity (Wildman–Crippen MR) is 240 cm³/mol. The molecule has 1 fully saturated rings. The first-order chi connectivity index (χ1) is 30.4. The molecule has 0 unspecified atom stereocenters. The van der Waals surface area contributed by atoms with Crippen LogP contribution in [-0.2, 0) is 19.0 Å². The van der Waals surface area contributed by atoms with Crippen LogP contribution in [0.3, 0.4) is 0 Å². The Morgan fingerprint density at radius 2 is 1.58 bits per heavy atom. The highest BCUT2D eigenvalue weighted by molar-refractivity contribution is 9.10. The van der Waals surface area contributed by atoms with Crippen LogP contribution in [0, 0.1) is 0 Å². The van der Waals surface area contributed by atoms with E-state index in [-0.39, 0.29) is 11.9 Å². The lowest BCUT2D eigenvalue weighted by Gasteiger charge is -2.32. The third kappa shape index (κ3) is 10.3. The number of fused-ring (bicyclic) bond motifs is 2. The summed E-state index contributed by atoms with van der Waals surface area (Å²) in [5.74, 6) is 2.28. The number of nitrogen functional groups attached to an aromatic ring is 1. The van der Waals surface area contributed by atoms with Gasteiger partial charge in [0.05, 0.1) is 68.9 Å². The average Bonchev–Trinajstić information content (AvgIpc) is 3.84. The summed E-state index contributed by atoms with van der Waals surface area (Å²) >= 11 is 3.52. The van der Waals surface area contributed by atoms with Crippen LogP contribution in [0.2, 0.25) is 0 Å². The van der Waals surface area contributed by atoms with E-state index in [0.717, 1.165) is 81.6 Å². The first-order valence-electron chi connectivity index (χ1n) is 20.5. The van der Waals surface area contributed by atoms with E-state index in [0.29, 0.717) is 81.1 Å². The van der Waals surface area contributed by atoms with Crippen molar-refractivity contribution in [1.82, 2.24) is 29.6 Å². The van der Waals surface area contributed by atoms with Crippen molar-refractivity contribution in [2.75, 3.05) is 71.6 Å². The SMILES string of the molecule is Nc1ncnc2c1c(-c1ccc(Oc3ccccc3)cc1)nn2C1CCN(CCOCCOCCOCCN=C(c2cccc(OC=O)c2)c2c(O)[nH]c3ccc(Br)cc23)CC1. The number of aliphatic imine (C=N–C) groups is 1. The molecular weight excluding hydrogens is 856 g/mol. The Morgan fingerprint density at radius 1 is 0.855 bits per heavy atom. The molecule has 4 N–H and O–H groups in total. The van der Waals surface area contributed by atoms with E-state index < -0.39 is 0 Å². The van der Waals surface area contributed by atoms with Crippen LogP contribution in [0.25, 0.3) is 33.2 Å². The fourth-order valence-electron chi connectivity index (χ4n) is 7.58. The predicted octanol–water partition coefficient (Wildman–Crippen LogP) is 7.58. The summed E-state index contributed by atoms with van der Waals surface area (Å²) in [6.07, 6.45) is 3.35. The highest BCUT2D eigenvalue weighted by Crippen LogP contribution is 2.36. The number of nitrogens with one attached hydrogen (secondary N) is 1. The number of aromatic hydroxyl groups is 1. The number of para-hydroxylation sites is 1. The minimum Gasteiger partial charge on any atom is -0.494 e. The van der Waals surface area contributed by atoms with Crippen LogP contribution in [0.4, 0.5) is 5.82 Å². The van der Waals surface area contributed by atoms with E-state index in [4.69, 9.17) is 39.5 Å². The molecule has 0 amide bonds. The molecule has 7 aromatic rings. The molecule has 8 rings (SSSR count). The maximum absolute atomic E-state index is 11.0. The van der Waals surface area contributed by atoms with Gasteiger partial charge in [0, 0.05) is 46.1 Å². The molecule has 1 aliphatic rings. The molecule has 0 atom stereocenters. The number of hydrogen-bond donors (Lipinski definition) is 3. The monoisotopic (exact) mass is 902 g/mol. The molecule has 0 bridgehead atoms. The summed E-state index contributed by atoms with van der Waals surface area (Å²) in [5, 5.41) is 17.5. The lowest BCUT2D eigenvalue weighted by molar-refractivity contribution is -0.120. The van der Waals surface area contributed by atoms with E-state index in [2.05, 4.69) is 35.8 Å². The molecular formula is C46H47BrN8O7. The Hall–Kier alpha value is -6.17. The molecule has 15 nitrogen and oxygen atoms in total. The van der Waals surface area contributed by atoms with Crippen molar-refractivity contribution in [3.8, 4) is 34.4 Å². The molecule has 0 spiro atoms. The number of aromatic amines is 1. The van der Waals surface area contributed by atoms with Gasteiger partial charge in [0.2, 0.25) is 0 Å². The second kappa shape index (κ2) is 20.6. The van der Waals surface area contributed by atoms with Gasteiger partial charge < -0.3 is 44.4 Å². The van der Waals surface area contributed by atoms with Gasteiger partial charge in [-0.25, -0.2) is 14.6 Å². The Kier molecular flexibility index (Phi) is 14.1. The number of aromatic nitrogens is 5. The number of carbonyl (C=O) groups is 1. The second-order valence-corrected chi connectivity index (χ2v) is 15.5. The largest absolute Gasteiger partial charge is 0.494 e. The molecule has 1 aliphatic heterocycles. The van der Waals surface area contributed by atoms with Gasteiger partial charge in [-0.3, -0.25) is 9.79 Å². The summed E-state index contributed by atoms with van der Waals surface area (Å²) in [5.41, 5.74) is 11.4. The fraction of sp³-hybridized carbons (Fsp3) is 0.283. The maximum Gasteiger partial charge on any atom is 0.298 e. The van der Waals surface area contributed by atoms with E-state index in [1.54, 1.807) is 18.2 Å². The van der Waals surface area contributed by atoms with E-state index in [9.17, 15) is 9.90 Å². The van der Waals surface area contributed by atoms with Crippen LogP contribution in [0.5, 0.6) is 23.1 Å². The van der Waals surface area contributed by atoms with Gasteiger partial charge in [0.1, 0.15) is 35.1 Å². The van der Waals surface area contributed by atoms with Crippen molar-refractivity contribution in [3.63, 3.8) is 0 Å². The number of piperidine rings is 1. The number of benzene rings is 4. The van der Waals surface area contributed by atoms with Crippen molar-refractivity contribution < 1.29 is 33.6 Å². The first-order valence-corrected chi connectivity index (χ1v) is 21.3. The molecule has 0 saturated carbocycles. The van der Waals surface area contributed by atoms with Crippen molar-refractivity contribution >= 4 is 55.9 Å². The summed E-state index contributed by atoms with van der Waals surface area (Å²) in [6.45, 7) is 6.10. The lowest BCUT2D eigenvalue weighted by Crippen LogP contribution is -2.37. The van der Waals surface area contributed by atoms with Gasteiger partial charge in [-0.1, -0.05) is 46.3 Å². The van der Waals surface area contributed by atoms with Crippen LogP contribution < -0.4 is 15.2 Å². The third-order valence-electron chi connectivity index (χ3n) is 10.6. The molecule has 3 aromatic heterocycles. The number of nitrogens with zero attached hydrogens (tertiary/aromatic N) is 6. The summed E-state index contributed by atoms with van der Waals surface area (Å²) in [4.78, 5) is 30.1. The summed E-state index contributed by atoms with van der Waals surface area (Å²) in [6, 6.07) is 30.4. The van der Waals surface area contributed by atoms with Crippen LogP contribution in [-0.4, -0.2) is 113 Å². The van der Waals surface area contributed by atoms with Crippen LogP contribution >= 0.6 is 15.9 Å². The minimum absolute atomic E-state index is 0.00956. The maximum atomic E-state index is 11.0. The van der Waals surface area contributed by atoms with Crippen molar-refractivity contribution in [2.24, 2.45) is 4.99 Å². The highest BCUT2D eigenvalue weighted by Gasteiger charge is 2.26. The number of carbonyl (C=O) groups excluding carboxylic acids is 1. The number of halogens is 1. The number of nitrogens with two attached hydrogens (primary N) is 1. The first kappa shape index (κ1) is 42.5. The Morgan fingerprint density at radius 3 is 2.35 bits per heavy atom. The molecule has 62 heavy (non-hydrogen) atoms. The van der Waals surface area contributed by atoms with Crippen LogP contribution in [0.15, 0.2) is 113 Å². The lowest BCUT2D eigenvalue weighted by atomic mass is 10.0. The van der Waals surface area contributed by atoms with Gasteiger partial charge in [-0.05, 0) is 79.6 Å². The van der Waals surface area contributed by atoms with Gasteiger partial charge in [-0.2, -0.15) is 5.10 Å². The third-order valence-corrected chi connectivity index (χ3v) is 11.1. The Balaban J connectivity index is 0.749. The zero-order chi connectivity index (χ0) is 42.7. The smallest absolute Gasteiger partial charge is 0.298 e. The van der Waals surface area contributed by atoms with E-state index >= 15 is 0 Å². The standard InChI is InChI=1S/C46H47BrN8O7/c47-33-11-14-39-38(28-33)40(46(57)52-39)42(32-5-4-8-37(27-32)61-30-56)49-17-21-58-23-25-60-26-24-59-22-20-54-18-15-34(16-19-54)55-45-41(44(48)50-29-51-45)43(53-55)31-9-12-36(13-10-31)62-35-6-2-1-3-7-35/h1-14,27-30,34,52,57H,15-26H2,(H2,48,50,51). The van der Waals surface area contributed by atoms with Gasteiger partial charge >= 0.3 is 0 Å². The second-order valence-electron chi connectivity index (χ2n) is 14.6. The van der Waals surface area contributed by atoms with Crippen molar-refractivity contribution in [2.45, 2.75) is 18.9 Å². The zero-order valence-corrected chi connectivity index (χ0v) is 35.6. The fourth-order valence-corrected chi connectivity index (χ4v) is 7.94. The quantitative estimate of drug-likeness (QED) is 0.0388. The summed E-state index contributed by atoms with van der Waals surface area (Å²) in [7, 11) is 0.